The summed E-state index contributed by atoms with van der Waals surface area (Å²) in [5.41, 5.74) is 2.40. The second-order valence-electron chi connectivity index (χ2n) is 2.28. The largest absolute Gasteiger partial charge is 0.192 e. The van der Waals surface area contributed by atoms with Crippen LogP contribution in [0.5, 0.6) is 0 Å². The smallest absolute Gasteiger partial charge is 0.110 e. The molecule has 0 aliphatic heterocycles. The van der Waals surface area contributed by atoms with E-state index < -0.39 is 0 Å². The van der Waals surface area contributed by atoms with Crippen LogP contribution in [0.15, 0.2) is 4.21 Å². The highest BCUT2D eigenvalue weighted by Gasteiger charge is 2.09. The molecular weight excluding hydrogens is 174 g/mol. The molecule has 0 fully saturated rings. The lowest BCUT2D eigenvalue weighted by Crippen LogP contribution is -1.74. The van der Waals surface area contributed by atoms with Crippen LogP contribution in [0, 0.1) is 25.2 Å². The summed E-state index contributed by atoms with van der Waals surface area (Å²) in [7, 11) is 0. The molecule has 0 saturated carbocycles. The zero-order chi connectivity index (χ0) is 8.43. The number of rotatable bonds is 1. The van der Waals surface area contributed by atoms with Gasteiger partial charge < -0.3 is 0 Å². The summed E-state index contributed by atoms with van der Waals surface area (Å²) in [6.45, 7) is 4.07. The van der Waals surface area contributed by atoms with E-state index in [0.29, 0.717) is 0 Å². The number of hydrogen-bond acceptors (Lipinski definition) is 3. The van der Waals surface area contributed by atoms with E-state index in [1.807, 2.05) is 13.2 Å². The van der Waals surface area contributed by atoms with Crippen LogP contribution in [-0.4, -0.2) is 6.26 Å². The van der Waals surface area contributed by atoms with E-state index in [-0.39, 0.29) is 0 Å². The van der Waals surface area contributed by atoms with Crippen LogP contribution in [0.2, 0.25) is 0 Å². The van der Waals surface area contributed by atoms with Crippen molar-refractivity contribution in [3.63, 3.8) is 0 Å². The minimum atomic E-state index is 0.854. The van der Waals surface area contributed by atoms with Crippen LogP contribution in [0.3, 0.4) is 0 Å². The Bertz CT molecular complexity index is 307. The van der Waals surface area contributed by atoms with Gasteiger partial charge in [-0.3, -0.25) is 0 Å². The molecular formula is C8H9NS2. The Morgan fingerprint density at radius 1 is 1.36 bits per heavy atom. The van der Waals surface area contributed by atoms with Gasteiger partial charge in [-0.1, -0.05) is 0 Å². The Kier molecular flexibility index (Phi) is 2.58. The molecule has 1 aromatic rings. The van der Waals surface area contributed by atoms with Crippen LogP contribution in [0.1, 0.15) is 16.0 Å². The number of thiophene rings is 1. The zero-order valence-corrected chi connectivity index (χ0v) is 8.40. The van der Waals surface area contributed by atoms with Crippen LogP contribution in [0.4, 0.5) is 0 Å². The first-order chi connectivity index (χ1) is 5.20. The summed E-state index contributed by atoms with van der Waals surface area (Å²) in [4.78, 5) is 0.854. The minimum Gasteiger partial charge on any atom is -0.192 e. The minimum absolute atomic E-state index is 0.854. The predicted molar refractivity (Wildman–Crippen MR) is 50.3 cm³/mol. The average molecular weight is 183 g/mol. The van der Waals surface area contributed by atoms with E-state index >= 15 is 0 Å². The first kappa shape index (κ1) is 8.63. The fourth-order valence-electron chi connectivity index (χ4n) is 0.871. The summed E-state index contributed by atoms with van der Waals surface area (Å²) in [6, 6.07) is 2.20. The van der Waals surface area contributed by atoms with Crippen LogP contribution in [-0.2, 0) is 0 Å². The van der Waals surface area contributed by atoms with Gasteiger partial charge in [0, 0.05) is 0 Å². The summed E-state index contributed by atoms with van der Waals surface area (Å²) in [5, 5.41) is 8.70. The molecule has 0 radical (unpaired) electrons. The highest BCUT2D eigenvalue weighted by atomic mass is 32.2. The number of hydrogen-bond donors (Lipinski definition) is 0. The van der Waals surface area contributed by atoms with E-state index in [1.54, 1.807) is 23.1 Å². The summed E-state index contributed by atoms with van der Waals surface area (Å²) in [6.07, 6.45) is 2.04. The molecule has 0 aromatic carbocycles. The number of nitrogens with zero attached hydrogens (tertiary/aromatic N) is 1. The Morgan fingerprint density at radius 2 is 2.00 bits per heavy atom. The first-order valence-corrected chi connectivity index (χ1v) is 5.29. The maximum atomic E-state index is 8.70. The van der Waals surface area contributed by atoms with Gasteiger partial charge in [0.2, 0.25) is 0 Å². The lowest BCUT2D eigenvalue weighted by molar-refractivity contribution is 1.32. The fourth-order valence-corrected chi connectivity index (χ4v) is 2.76. The summed E-state index contributed by atoms with van der Waals surface area (Å²) in [5.74, 6) is 0. The Balaban J connectivity index is 3.26. The second-order valence-corrected chi connectivity index (χ2v) is 4.38. The van der Waals surface area contributed by atoms with Gasteiger partial charge in [-0.05, 0) is 31.2 Å². The number of thioether (sulfide) groups is 1. The van der Waals surface area contributed by atoms with Crippen molar-refractivity contribution in [1.29, 1.82) is 5.26 Å². The Hall–Kier alpha value is -0.460. The first-order valence-electron chi connectivity index (χ1n) is 3.24. The number of nitriles is 1. The third-order valence-corrected chi connectivity index (χ3v) is 4.21. The SMILES string of the molecule is CSc1sc(C#N)c(C)c1C. The molecule has 1 rings (SSSR count). The van der Waals surface area contributed by atoms with Gasteiger partial charge in [0.15, 0.2) is 0 Å². The molecule has 0 aliphatic carbocycles. The molecule has 11 heavy (non-hydrogen) atoms. The zero-order valence-electron chi connectivity index (χ0n) is 6.76. The fraction of sp³-hybridized carbons (Fsp3) is 0.375. The molecule has 0 amide bonds. The van der Waals surface area contributed by atoms with Crippen molar-refractivity contribution >= 4 is 23.1 Å². The molecule has 3 heteroatoms. The molecule has 1 heterocycles. The molecule has 0 saturated heterocycles. The van der Waals surface area contributed by atoms with E-state index in [0.717, 1.165) is 10.4 Å². The molecule has 0 bridgehead atoms. The van der Waals surface area contributed by atoms with E-state index in [1.165, 1.54) is 9.77 Å². The lowest BCUT2D eigenvalue weighted by Gasteiger charge is -1.91. The van der Waals surface area contributed by atoms with Gasteiger partial charge in [0.1, 0.15) is 10.9 Å². The Labute approximate surface area is 75.0 Å². The van der Waals surface area contributed by atoms with Gasteiger partial charge >= 0.3 is 0 Å². The van der Waals surface area contributed by atoms with Crippen molar-refractivity contribution in [2.45, 2.75) is 18.1 Å². The summed E-state index contributed by atoms with van der Waals surface area (Å²) < 4.78 is 1.26. The molecule has 58 valence electrons. The van der Waals surface area contributed by atoms with Crippen LogP contribution < -0.4 is 0 Å². The quantitative estimate of drug-likeness (QED) is 0.625. The molecule has 0 atom stereocenters. The van der Waals surface area contributed by atoms with Crippen molar-refractivity contribution in [3.8, 4) is 6.07 Å². The molecule has 0 N–H and O–H groups in total. The molecule has 0 spiro atoms. The standard InChI is InChI=1S/C8H9NS2/c1-5-6(2)8(10-3)11-7(5)4-9/h1-3H3. The summed E-state index contributed by atoms with van der Waals surface area (Å²) >= 11 is 3.30. The topological polar surface area (TPSA) is 23.8 Å². The molecule has 1 nitrogen and oxygen atoms in total. The molecule has 0 aliphatic rings. The lowest BCUT2D eigenvalue weighted by atomic mass is 10.2. The van der Waals surface area contributed by atoms with Crippen molar-refractivity contribution in [3.05, 3.63) is 16.0 Å². The van der Waals surface area contributed by atoms with Gasteiger partial charge in [-0.15, -0.1) is 23.1 Å². The molecule has 0 unspecified atom stereocenters. The normalized spacial score (nSPS) is 9.64. The average Bonchev–Trinajstić information content (AvgIpc) is 2.30. The van der Waals surface area contributed by atoms with E-state index in [9.17, 15) is 0 Å². The maximum Gasteiger partial charge on any atom is 0.110 e. The van der Waals surface area contributed by atoms with Crippen molar-refractivity contribution in [2.75, 3.05) is 6.26 Å². The third kappa shape index (κ3) is 1.42. The highest BCUT2D eigenvalue weighted by Crippen LogP contribution is 2.33. The monoisotopic (exact) mass is 183 g/mol. The van der Waals surface area contributed by atoms with Crippen molar-refractivity contribution < 1.29 is 0 Å². The van der Waals surface area contributed by atoms with E-state index in [4.69, 9.17) is 5.26 Å². The second kappa shape index (κ2) is 3.29. The predicted octanol–water partition coefficient (Wildman–Crippen LogP) is 2.96. The van der Waals surface area contributed by atoms with Gasteiger partial charge in [0.25, 0.3) is 0 Å². The van der Waals surface area contributed by atoms with E-state index in [2.05, 4.69) is 13.0 Å². The highest BCUT2D eigenvalue weighted by molar-refractivity contribution is 8.00. The van der Waals surface area contributed by atoms with Crippen molar-refractivity contribution in [2.24, 2.45) is 0 Å². The van der Waals surface area contributed by atoms with Gasteiger partial charge in [0.05, 0.1) is 4.21 Å². The van der Waals surface area contributed by atoms with Crippen molar-refractivity contribution in [1.82, 2.24) is 0 Å². The van der Waals surface area contributed by atoms with Gasteiger partial charge in [-0.2, -0.15) is 5.26 Å². The van der Waals surface area contributed by atoms with Crippen LogP contribution >= 0.6 is 23.1 Å². The molecule has 1 aromatic heterocycles. The Morgan fingerprint density at radius 3 is 2.27 bits per heavy atom. The van der Waals surface area contributed by atoms with Gasteiger partial charge in [-0.25, -0.2) is 0 Å². The van der Waals surface area contributed by atoms with Crippen LogP contribution in [0.25, 0.3) is 0 Å². The maximum absolute atomic E-state index is 8.70. The third-order valence-electron chi connectivity index (χ3n) is 1.69.